The lowest BCUT2D eigenvalue weighted by atomic mass is 10.1. The van der Waals surface area contributed by atoms with Crippen molar-refractivity contribution in [2.75, 3.05) is 6.61 Å². The predicted octanol–water partition coefficient (Wildman–Crippen LogP) is 3.58. The molecule has 5 nitrogen and oxygen atoms in total. The number of nitrogens with zero attached hydrogens (tertiary/aromatic N) is 1. The highest BCUT2D eigenvalue weighted by Crippen LogP contribution is 2.30. The van der Waals surface area contributed by atoms with Crippen LogP contribution in [0.4, 0.5) is 0 Å². The van der Waals surface area contributed by atoms with Crippen molar-refractivity contribution in [3.05, 3.63) is 58.7 Å². The Morgan fingerprint density at radius 3 is 2.56 bits per heavy atom. The van der Waals surface area contributed by atoms with Crippen molar-refractivity contribution in [3.63, 3.8) is 0 Å². The Labute approximate surface area is 167 Å². The average Bonchev–Trinajstić information content (AvgIpc) is 2.99. The van der Waals surface area contributed by atoms with E-state index in [1.54, 1.807) is 22.3 Å². The molecule has 27 heavy (non-hydrogen) atoms. The fourth-order valence-corrected chi connectivity index (χ4v) is 4.82. The Morgan fingerprint density at radius 2 is 1.93 bits per heavy atom. The summed E-state index contributed by atoms with van der Waals surface area (Å²) >= 11 is 3.39. The molecule has 3 aromatic rings. The van der Waals surface area contributed by atoms with Gasteiger partial charge in [0.25, 0.3) is 0 Å². The first-order valence-corrected chi connectivity index (χ1v) is 11.1. The molecular formula is C20H22BrNO4S. The van der Waals surface area contributed by atoms with Crippen molar-refractivity contribution in [1.82, 2.24) is 3.97 Å². The smallest absolute Gasteiger partial charge is 0.151 e. The van der Waals surface area contributed by atoms with Crippen LogP contribution in [0.5, 0.6) is 5.75 Å². The maximum Gasteiger partial charge on any atom is 0.151 e. The molecule has 0 bridgehead atoms. The molecule has 2 aromatic carbocycles. The molecule has 0 saturated heterocycles. The van der Waals surface area contributed by atoms with Crippen molar-refractivity contribution in [2.45, 2.75) is 31.0 Å². The lowest BCUT2D eigenvalue weighted by Crippen LogP contribution is -2.11. The summed E-state index contributed by atoms with van der Waals surface area (Å²) in [4.78, 5) is 0.616. The molecule has 0 spiro atoms. The van der Waals surface area contributed by atoms with Crippen molar-refractivity contribution < 1.29 is 19.2 Å². The van der Waals surface area contributed by atoms with Crippen molar-refractivity contribution in [1.29, 1.82) is 0 Å². The van der Waals surface area contributed by atoms with E-state index in [9.17, 15) is 14.4 Å². The van der Waals surface area contributed by atoms with Crippen molar-refractivity contribution in [2.24, 2.45) is 0 Å². The van der Waals surface area contributed by atoms with Gasteiger partial charge in [0, 0.05) is 22.5 Å². The van der Waals surface area contributed by atoms with Gasteiger partial charge in [0.05, 0.1) is 26.7 Å². The summed E-state index contributed by atoms with van der Waals surface area (Å²) in [5.74, 6) is 4.72. The zero-order valence-electron chi connectivity index (χ0n) is 15.0. The molecule has 2 N–H and O–H groups in total. The molecule has 144 valence electrons. The number of rotatable bonds is 7. The largest absolute Gasteiger partial charge is 0.494 e. The first kappa shape index (κ1) is 19.9. The SMILES string of the molecule is C=S(=O)(c1ccc(Br)cc1)n1cc(CCC(O)O)c2cc(OCC)ccc21. The van der Waals surface area contributed by atoms with Crippen LogP contribution < -0.4 is 4.74 Å². The highest BCUT2D eigenvalue weighted by Gasteiger charge is 2.18. The number of aliphatic hydroxyl groups excluding tert-OH is 1. The lowest BCUT2D eigenvalue weighted by molar-refractivity contribution is -0.0446. The van der Waals surface area contributed by atoms with Gasteiger partial charge in [-0.05, 0) is 67.2 Å². The van der Waals surface area contributed by atoms with E-state index in [4.69, 9.17) is 4.74 Å². The summed E-state index contributed by atoms with van der Waals surface area (Å²) < 4.78 is 21.8. The van der Waals surface area contributed by atoms with Gasteiger partial charge in [-0.25, -0.2) is 4.21 Å². The Morgan fingerprint density at radius 1 is 1.22 bits per heavy atom. The van der Waals surface area contributed by atoms with Crippen LogP contribution >= 0.6 is 15.9 Å². The van der Waals surface area contributed by atoms with Gasteiger partial charge in [-0.1, -0.05) is 15.9 Å². The summed E-state index contributed by atoms with van der Waals surface area (Å²) in [6, 6.07) is 12.8. The molecule has 1 aromatic heterocycles. The van der Waals surface area contributed by atoms with E-state index >= 15 is 0 Å². The van der Waals surface area contributed by atoms with Crippen LogP contribution in [0.3, 0.4) is 0 Å². The fraction of sp³-hybridized carbons (Fsp3) is 0.250. The van der Waals surface area contributed by atoms with E-state index in [1.165, 1.54) is 0 Å². The van der Waals surface area contributed by atoms with Gasteiger partial charge in [-0.15, -0.1) is 0 Å². The van der Waals surface area contributed by atoms with Crippen molar-refractivity contribution in [3.8, 4) is 5.75 Å². The first-order valence-electron chi connectivity index (χ1n) is 8.59. The lowest BCUT2D eigenvalue weighted by Gasteiger charge is -2.13. The fourth-order valence-electron chi connectivity index (χ4n) is 2.99. The normalized spacial score (nSPS) is 13.8. The number of benzene rings is 2. The third-order valence-corrected chi connectivity index (χ3v) is 6.78. The molecular weight excluding hydrogens is 430 g/mol. The van der Waals surface area contributed by atoms with Gasteiger partial charge < -0.3 is 14.9 Å². The molecule has 0 aliphatic rings. The molecule has 0 fully saturated rings. The van der Waals surface area contributed by atoms with Crippen LogP contribution in [0.1, 0.15) is 18.9 Å². The van der Waals surface area contributed by atoms with E-state index in [2.05, 4.69) is 21.8 Å². The number of fused-ring (bicyclic) bond motifs is 1. The molecule has 0 aliphatic heterocycles. The van der Waals surface area contributed by atoms with Gasteiger partial charge in [0.1, 0.15) is 5.75 Å². The van der Waals surface area contributed by atoms with E-state index in [1.807, 2.05) is 37.3 Å². The minimum atomic E-state index is -2.80. The summed E-state index contributed by atoms with van der Waals surface area (Å²) in [7, 11) is -2.80. The van der Waals surface area contributed by atoms with Crippen LogP contribution in [0.15, 0.2) is 58.0 Å². The molecule has 1 atom stereocenters. The van der Waals surface area contributed by atoms with Gasteiger partial charge in [0.2, 0.25) is 0 Å². The summed E-state index contributed by atoms with van der Waals surface area (Å²) in [5.41, 5.74) is 1.64. The molecule has 1 unspecified atom stereocenters. The predicted molar refractivity (Wildman–Crippen MR) is 113 cm³/mol. The highest BCUT2D eigenvalue weighted by molar-refractivity contribution is 9.10. The third-order valence-electron chi connectivity index (χ3n) is 4.31. The number of ether oxygens (including phenoxy) is 1. The molecule has 0 saturated carbocycles. The summed E-state index contributed by atoms with van der Waals surface area (Å²) in [6.45, 7) is 2.45. The number of hydrogen-bond acceptors (Lipinski definition) is 4. The van der Waals surface area contributed by atoms with Gasteiger partial charge in [0.15, 0.2) is 6.29 Å². The number of halogens is 1. The molecule has 0 radical (unpaired) electrons. The molecule has 0 aliphatic carbocycles. The standard InChI is InChI=1S/C20H22BrNO4S/c1-3-26-16-7-10-19-18(12-16)14(4-11-20(23)24)13-22(19)27(2,25)17-8-5-15(21)6-9-17/h5-10,12-13,20,23-24H,2-4,11H2,1H3. The summed E-state index contributed by atoms with van der Waals surface area (Å²) in [5, 5.41) is 19.4. The Bertz CT molecular complexity index is 1040. The van der Waals surface area contributed by atoms with E-state index in [0.717, 1.165) is 20.9 Å². The van der Waals surface area contributed by atoms with E-state index in [-0.39, 0.29) is 6.42 Å². The number of hydrogen-bond donors (Lipinski definition) is 2. The molecule has 1 heterocycles. The van der Waals surface area contributed by atoms with Crippen LogP contribution in [0.25, 0.3) is 10.9 Å². The van der Waals surface area contributed by atoms with Crippen LogP contribution in [0.2, 0.25) is 0 Å². The molecule has 3 rings (SSSR count). The minimum Gasteiger partial charge on any atom is -0.494 e. The monoisotopic (exact) mass is 451 g/mol. The second-order valence-electron chi connectivity index (χ2n) is 6.21. The second-order valence-corrected chi connectivity index (χ2v) is 9.27. The first-order chi connectivity index (χ1) is 12.8. The van der Waals surface area contributed by atoms with Gasteiger partial charge in [-0.3, -0.25) is 3.97 Å². The maximum absolute atomic E-state index is 13.6. The zero-order valence-corrected chi connectivity index (χ0v) is 17.4. The Kier molecular flexibility index (Phi) is 5.95. The van der Waals surface area contributed by atoms with E-state index < -0.39 is 16.0 Å². The molecule has 0 amide bonds. The highest BCUT2D eigenvalue weighted by atomic mass is 79.9. The Hall–Kier alpha value is -1.80. The van der Waals surface area contributed by atoms with Gasteiger partial charge >= 0.3 is 0 Å². The maximum atomic E-state index is 13.6. The number of aliphatic hydroxyl groups is 2. The van der Waals surface area contributed by atoms with Crippen LogP contribution in [-0.4, -0.2) is 37.2 Å². The third kappa shape index (κ3) is 4.21. The van der Waals surface area contributed by atoms with Crippen LogP contribution in [-0.2, 0) is 16.1 Å². The van der Waals surface area contributed by atoms with Crippen molar-refractivity contribution >= 4 is 42.4 Å². The molecule has 7 heteroatoms. The topological polar surface area (TPSA) is 71.7 Å². The Balaban J connectivity index is 2.15. The summed E-state index contributed by atoms with van der Waals surface area (Å²) in [6.07, 6.45) is 1.02. The number of aromatic nitrogens is 1. The van der Waals surface area contributed by atoms with E-state index in [0.29, 0.717) is 23.7 Å². The quantitative estimate of drug-likeness (QED) is 0.425. The zero-order chi connectivity index (χ0) is 19.6. The average molecular weight is 452 g/mol. The number of aryl methyl sites for hydroxylation is 1. The van der Waals surface area contributed by atoms with Gasteiger partial charge in [-0.2, -0.15) is 0 Å². The second kappa shape index (κ2) is 8.06. The minimum absolute atomic E-state index is 0.189. The van der Waals surface area contributed by atoms with Crippen LogP contribution in [0, 0.1) is 0 Å².